The van der Waals surface area contributed by atoms with Crippen LogP contribution in [0, 0.1) is 28.5 Å². The number of piperidine rings is 1. The summed E-state index contributed by atoms with van der Waals surface area (Å²) >= 11 is 0. The van der Waals surface area contributed by atoms with Crippen molar-refractivity contribution in [3.8, 4) is 45.9 Å². The van der Waals surface area contributed by atoms with Crippen molar-refractivity contribution in [1.82, 2.24) is 15.8 Å². The van der Waals surface area contributed by atoms with Crippen LogP contribution in [0.15, 0.2) is 72.7 Å². The minimum absolute atomic E-state index is 0.0566. The normalized spacial score (nSPS) is 13.7. The van der Waals surface area contributed by atoms with Gasteiger partial charge in [-0.1, -0.05) is 36.4 Å². The zero-order valence-corrected chi connectivity index (χ0v) is 28.0. The lowest BCUT2D eigenvalue weighted by atomic mass is 9.91. The molecule has 1 aromatic heterocycles. The number of halogens is 2. The average Bonchev–Trinajstić information content (AvgIpc) is 3.12. The van der Waals surface area contributed by atoms with Crippen molar-refractivity contribution in [2.75, 3.05) is 24.6 Å². The van der Waals surface area contributed by atoms with Crippen LogP contribution in [-0.4, -0.2) is 57.7 Å². The van der Waals surface area contributed by atoms with Crippen molar-refractivity contribution >= 4 is 17.8 Å². The lowest BCUT2D eigenvalue weighted by Gasteiger charge is -2.34. The van der Waals surface area contributed by atoms with E-state index in [2.05, 4.69) is 11.4 Å². The molecule has 0 unspecified atom stereocenters. The smallest absolute Gasteiger partial charge is 0.303 e. The molecule has 1 aliphatic rings. The highest BCUT2D eigenvalue weighted by molar-refractivity contribution is 5.94. The molecule has 0 aliphatic carbocycles. The molecular weight excluding hydrogens is 658 g/mol. The number of ether oxygens (including phenoxy) is 1. The van der Waals surface area contributed by atoms with E-state index in [4.69, 9.17) is 14.9 Å². The Balaban J connectivity index is 1.37. The molecule has 262 valence electrons. The number of amides is 1. The van der Waals surface area contributed by atoms with Crippen LogP contribution >= 0.6 is 0 Å². The standard InChI is InChI=1S/C38H36F2N6O5/c1-38(2,49)22-51-34-10-9-25(17-33(34)47)30-21-44-36(29(19-42)35(30)26-7-8-27(18-41)31(39)16-26)46-13-11-28(12-14-46)43-20-24-5-3-23(4-6-24)15-32(40)37(48)45-50/h3-10,15-17,21,28,43,47,49-50H,11-14,20,22H2,1-2H3,(H,45,48)/b32-15+. The molecule has 51 heavy (non-hydrogen) atoms. The van der Waals surface area contributed by atoms with E-state index in [1.54, 1.807) is 50.4 Å². The number of benzene rings is 3. The van der Waals surface area contributed by atoms with Crippen molar-refractivity contribution in [2.24, 2.45) is 0 Å². The molecule has 3 aromatic carbocycles. The average molecular weight is 695 g/mol. The highest BCUT2D eigenvalue weighted by Crippen LogP contribution is 2.41. The van der Waals surface area contributed by atoms with Crippen LogP contribution in [-0.2, 0) is 11.3 Å². The third kappa shape index (κ3) is 8.84. The number of aromatic hydroxyl groups is 1. The summed E-state index contributed by atoms with van der Waals surface area (Å²) in [7, 11) is 0. The SMILES string of the molecule is CC(C)(O)COc1ccc(-c2cnc(N3CCC(NCc4ccc(/C=C(/F)C(=O)NO)cc4)CC3)c(C#N)c2-c2ccc(C#N)c(F)c2)cc1O. The van der Waals surface area contributed by atoms with Gasteiger partial charge >= 0.3 is 5.91 Å². The van der Waals surface area contributed by atoms with E-state index in [1.165, 1.54) is 23.7 Å². The molecule has 1 fully saturated rings. The highest BCUT2D eigenvalue weighted by atomic mass is 19.1. The maximum atomic E-state index is 15.0. The first kappa shape index (κ1) is 36.4. The van der Waals surface area contributed by atoms with Gasteiger partial charge in [0.2, 0.25) is 0 Å². The number of nitriles is 2. The Kier molecular flexibility index (Phi) is 11.3. The molecular formula is C38H36F2N6O5. The van der Waals surface area contributed by atoms with Gasteiger partial charge in [0.15, 0.2) is 17.3 Å². The number of nitrogens with one attached hydrogen (secondary N) is 2. The highest BCUT2D eigenvalue weighted by Gasteiger charge is 2.26. The fourth-order valence-corrected chi connectivity index (χ4v) is 5.74. The number of aliphatic hydroxyl groups is 1. The van der Waals surface area contributed by atoms with Crippen molar-refractivity contribution in [2.45, 2.75) is 44.9 Å². The summed E-state index contributed by atoms with van der Waals surface area (Å²) in [4.78, 5) is 17.9. The molecule has 0 bridgehead atoms. The van der Waals surface area contributed by atoms with Gasteiger partial charge in [-0.3, -0.25) is 10.0 Å². The first-order valence-corrected chi connectivity index (χ1v) is 16.1. The summed E-state index contributed by atoms with van der Waals surface area (Å²) in [6.07, 6.45) is 4.07. The van der Waals surface area contributed by atoms with Gasteiger partial charge in [0.05, 0.1) is 11.2 Å². The quantitative estimate of drug-likeness (QED) is 0.0741. The Morgan fingerprint density at radius 3 is 2.39 bits per heavy atom. The van der Waals surface area contributed by atoms with Crippen LogP contribution in [0.2, 0.25) is 0 Å². The number of hydrogen-bond donors (Lipinski definition) is 5. The topological polar surface area (TPSA) is 175 Å². The summed E-state index contributed by atoms with van der Waals surface area (Å²) in [5, 5.41) is 52.7. The molecule has 0 spiro atoms. The second kappa shape index (κ2) is 15.8. The second-order valence-corrected chi connectivity index (χ2v) is 12.8. The van der Waals surface area contributed by atoms with Crippen molar-refractivity contribution < 1.29 is 33.7 Å². The van der Waals surface area contributed by atoms with Crippen LogP contribution in [0.4, 0.5) is 14.6 Å². The van der Waals surface area contributed by atoms with Gasteiger partial charge in [0.1, 0.15) is 35.9 Å². The first-order chi connectivity index (χ1) is 24.4. The third-order valence-corrected chi connectivity index (χ3v) is 8.38. The van der Waals surface area contributed by atoms with Gasteiger partial charge < -0.3 is 25.2 Å². The Bertz CT molecular complexity index is 2020. The van der Waals surface area contributed by atoms with Gasteiger partial charge in [0, 0.05) is 43.0 Å². The van der Waals surface area contributed by atoms with Crippen LogP contribution in [0.25, 0.3) is 28.3 Å². The minimum Gasteiger partial charge on any atom is -0.504 e. The number of hydrogen-bond acceptors (Lipinski definition) is 10. The molecule has 11 nitrogen and oxygen atoms in total. The second-order valence-electron chi connectivity index (χ2n) is 12.8. The predicted octanol–water partition coefficient (Wildman–Crippen LogP) is 5.73. The van der Waals surface area contributed by atoms with Gasteiger partial charge in [-0.25, -0.2) is 19.2 Å². The van der Waals surface area contributed by atoms with E-state index in [1.807, 2.05) is 23.1 Å². The van der Waals surface area contributed by atoms with E-state index in [-0.39, 0.29) is 35.3 Å². The maximum absolute atomic E-state index is 15.0. The van der Waals surface area contributed by atoms with E-state index in [0.717, 1.165) is 24.5 Å². The number of rotatable bonds is 11. The summed E-state index contributed by atoms with van der Waals surface area (Å²) < 4.78 is 34.2. The van der Waals surface area contributed by atoms with Gasteiger partial charge in [-0.2, -0.15) is 10.5 Å². The van der Waals surface area contributed by atoms with Gasteiger partial charge in [0.25, 0.3) is 0 Å². The number of carbonyl (C=O) groups is 1. The van der Waals surface area contributed by atoms with Crippen molar-refractivity contribution in [3.63, 3.8) is 0 Å². The molecule has 1 aliphatic heterocycles. The fourth-order valence-electron chi connectivity index (χ4n) is 5.74. The van der Waals surface area contributed by atoms with Gasteiger partial charge in [-0.05, 0) is 79.3 Å². The molecule has 1 saturated heterocycles. The van der Waals surface area contributed by atoms with Crippen LogP contribution in [0.3, 0.4) is 0 Å². The number of anilines is 1. The number of aromatic nitrogens is 1. The van der Waals surface area contributed by atoms with E-state index in [9.17, 15) is 34.3 Å². The molecule has 2 heterocycles. The summed E-state index contributed by atoms with van der Waals surface area (Å²) in [5.41, 5.74) is 3.33. The zero-order chi connectivity index (χ0) is 36.7. The largest absolute Gasteiger partial charge is 0.504 e. The van der Waals surface area contributed by atoms with Crippen LogP contribution in [0.5, 0.6) is 11.5 Å². The number of phenols is 1. The molecule has 0 saturated carbocycles. The molecule has 1 amide bonds. The summed E-state index contributed by atoms with van der Waals surface area (Å²) in [5.74, 6) is -2.68. The molecule has 4 aromatic rings. The van der Waals surface area contributed by atoms with Crippen molar-refractivity contribution in [3.05, 3.63) is 101 Å². The van der Waals surface area contributed by atoms with Crippen LogP contribution in [0.1, 0.15) is 48.9 Å². The zero-order valence-electron chi connectivity index (χ0n) is 28.0. The first-order valence-electron chi connectivity index (χ1n) is 16.1. The van der Waals surface area contributed by atoms with E-state index < -0.39 is 23.2 Å². The van der Waals surface area contributed by atoms with E-state index >= 15 is 0 Å². The Labute approximate surface area is 293 Å². The van der Waals surface area contributed by atoms with Gasteiger partial charge in [-0.15, -0.1) is 0 Å². The van der Waals surface area contributed by atoms with Crippen molar-refractivity contribution in [1.29, 1.82) is 10.5 Å². The minimum atomic E-state index is -1.22. The molecule has 0 radical (unpaired) electrons. The summed E-state index contributed by atoms with van der Waals surface area (Å²) in [6, 6.07) is 20.0. The molecule has 5 N–H and O–H groups in total. The molecule has 13 heteroatoms. The fraction of sp³-hybridized carbons (Fsp3) is 0.263. The third-order valence-electron chi connectivity index (χ3n) is 8.38. The lowest BCUT2D eigenvalue weighted by molar-refractivity contribution is -0.126. The predicted molar refractivity (Wildman–Crippen MR) is 185 cm³/mol. The van der Waals surface area contributed by atoms with Crippen LogP contribution < -0.4 is 20.4 Å². The number of nitrogens with zero attached hydrogens (tertiary/aromatic N) is 4. The monoisotopic (exact) mass is 694 g/mol. The Morgan fingerprint density at radius 1 is 1.08 bits per heavy atom. The molecule has 5 rings (SSSR count). The summed E-state index contributed by atoms with van der Waals surface area (Å²) in [6.45, 7) is 4.79. The Morgan fingerprint density at radius 2 is 1.78 bits per heavy atom. The lowest BCUT2D eigenvalue weighted by Crippen LogP contribution is -2.42. The number of phenolic OH excluding ortho intramolecular Hbond substituents is 1. The number of carbonyl (C=O) groups excluding carboxylic acids is 1. The molecule has 0 atom stereocenters. The number of pyridine rings is 1. The Hall–Kier alpha value is -5.86. The maximum Gasteiger partial charge on any atom is 0.303 e. The van der Waals surface area contributed by atoms with E-state index in [0.29, 0.717) is 53.3 Å². The number of hydroxylamine groups is 1.